The predicted molar refractivity (Wildman–Crippen MR) is 89.6 cm³/mol. The van der Waals surface area contributed by atoms with Crippen LogP contribution in [0.4, 0.5) is 0 Å². The number of fused-ring (bicyclic) bond motifs is 1. The van der Waals surface area contributed by atoms with Gasteiger partial charge in [0, 0.05) is 24.8 Å². The normalized spacial score (nSPS) is 12.2. The number of hydrogen-bond acceptors (Lipinski definition) is 2. The van der Waals surface area contributed by atoms with Gasteiger partial charge in [-0.15, -0.1) is 0 Å². The molecule has 0 aliphatic rings. The van der Waals surface area contributed by atoms with Gasteiger partial charge in [-0.2, -0.15) is 0 Å². The molecule has 1 N–H and O–H groups in total. The molecule has 1 aromatic carbocycles. The highest BCUT2D eigenvalue weighted by atomic mass is 16.5. The molecule has 2 aromatic rings. The van der Waals surface area contributed by atoms with Gasteiger partial charge in [0.05, 0.1) is 12.2 Å². The summed E-state index contributed by atoms with van der Waals surface area (Å²) in [6.07, 6.45) is 3.33. The highest BCUT2D eigenvalue weighted by molar-refractivity contribution is 5.80. The molecule has 2 rings (SSSR count). The maximum Gasteiger partial charge on any atom is 0.0652 e. The lowest BCUT2D eigenvalue weighted by Gasteiger charge is -2.19. The van der Waals surface area contributed by atoms with Crippen LogP contribution < -0.4 is 5.32 Å². The van der Waals surface area contributed by atoms with E-state index in [9.17, 15) is 0 Å². The average molecular weight is 288 g/mol. The lowest BCUT2D eigenvalue weighted by molar-refractivity contribution is -0.00644. The molecule has 3 heteroatoms. The van der Waals surface area contributed by atoms with Gasteiger partial charge in [0.15, 0.2) is 0 Å². The Morgan fingerprint density at radius 3 is 2.71 bits per heavy atom. The minimum Gasteiger partial charge on any atom is -0.374 e. The third-order valence-electron chi connectivity index (χ3n) is 3.46. The smallest absolute Gasteiger partial charge is 0.0652 e. The van der Waals surface area contributed by atoms with Crippen LogP contribution in [0.3, 0.4) is 0 Å². The molecule has 0 saturated heterocycles. The topological polar surface area (TPSA) is 26.2 Å². The van der Waals surface area contributed by atoms with Gasteiger partial charge in [-0.25, -0.2) is 0 Å². The van der Waals surface area contributed by atoms with Gasteiger partial charge in [0.1, 0.15) is 0 Å². The Kier molecular flexibility index (Phi) is 5.43. The molecular formula is C18H28N2O. The van der Waals surface area contributed by atoms with E-state index in [0.717, 1.165) is 26.2 Å². The van der Waals surface area contributed by atoms with E-state index >= 15 is 0 Å². The molecule has 21 heavy (non-hydrogen) atoms. The lowest BCUT2D eigenvalue weighted by atomic mass is 10.1. The van der Waals surface area contributed by atoms with Crippen molar-refractivity contribution in [3.63, 3.8) is 0 Å². The molecule has 0 radical (unpaired) electrons. The zero-order valence-corrected chi connectivity index (χ0v) is 13.8. The van der Waals surface area contributed by atoms with Crippen LogP contribution in [0, 0.1) is 0 Å². The molecule has 3 nitrogen and oxygen atoms in total. The monoisotopic (exact) mass is 288 g/mol. The molecule has 1 heterocycles. The molecule has 0 fully saturated rings. The van der Waals surface area contributed by atoms with Crippen molar-refractivity contribution in [3.05, 3.63) is 36.0 Å². The van der Waals surface area contributed by atoms with Crippen molar-refractivity contribution in [1.29, 1.82) is 0 Å². The summed E-state index contributed by atoms with van der Waals surface area (Å²) in [7, 11) is 0. The Labute approximate surface area is 128 Å². The van der Waals surface area contributed by atoms with Gasteiger partial charge in [-0.05, 0) is 62.9 Å². The van der Waals surface area contributed by atoms with E-state index in [1.54, 1.807) is 0 Å². The summed E-state index contributed by atoms with van der Waals surface area (Å²) in [6, 6.07) is 8.90. The maximum atomic E-state index is 5.81. The molecule has 0 atom stereocenters. The second-order valence-corrected chi connectivity index (χ2v) is 6.54. The van der Waals surface area contributed by atoms with Crippen LogP contribution in [0.25, 0.3) is 10.9 Å². The summed E-state index contributed by atoms with van der Waals surface area (Å²) in [5.41, 5.74) is 2.56. The molecule has 1 aromatic heterocycles. The number of nitrogens with zero attached hydrogens (tertiary/aromatic N) is 1. The van der Waals surface area contributed by atoms with Crippen LogP contribution >= 0.6 is 0 Å². The van der Waals surface area contributed by atoms with Crippen LogP contribution in [0.2, 0.25) is 0 Å². The average Bonchev–Trinajstić information content (AvgIpc) is 2.80. The standard InChI is InChI=1S/C18H28N2O/c1-5-9-19-14-15-6-7-17-16(13-15)8-10-20(17)11-12-21-18(2,3)4/h6-8,10,13,19H,5,9,11-12,14H2,1-4H3. The summed E-state index contributed by atoms with van der Waals surface area (Å²) in [4.78, 5) is 0. The van der Waals surface area contributed by atoms with E-state index in [2.05, 4.69) is 68.0 Å². The largest absolute Gasteiger partial charge is 0.374 e. The third kappa shape index (κ3) is 4.87. The summed E-state index contributed by atoms with van der Waals surface area (Å²) >= 11 is 0. The van der Waals surface area contributed by atoms with Gasteiger partial charge in [-0.1, -0.05) is 13.0 Å². The first-order valence-corrected chi connectivity index (χ1v) is 7.92. The van der Waals surface area contributed by atoms with E-state index in [-0.39, 0.29) is 5.60 Å². The van der Waals surface area contributed by atoms with Crippen LogP contribution in [0.15, 0.2) is 30.5 Å². The zero-order chi connectivity index (χ0) is 15.3. The van der Waals surface area contributed by atoms with Crippen molar-refractivity contribution in [2.24, 2.45) is 0 Å². The Bertz CT molecular complexity index is 566. The molecule has 0 bridgehead atoms. The first-order valence-electron chi connectivity index (χ1n) is 7.92. The molecular weight excluding hydrogens is 260 g/mol. The van der Waals surface area contributed by atoms with Gasteiger partial charge in [0.25, 0.3) is 0 Å². The van der Waals surface area contributed by atoms with Crippen LogP contribution in [0.5, 0.6) is 0 Å². The number of ether oxygens (including phenoxy) is 1. The fraction of sp³-hybridized carbons (Fsp3) is 0.556. The van der Waals surface area contributed by atoms with E-state index in [1.165, 1.54) is 22.9 Å². The first-order chi connectivity index (χ1) is 9.99. The van der Waals surface area contributed by atoms with Crippen molar-refractivity contribution < 1.29 is 4.74 Å². The Balaban J connectivity index is 2.00. The molecule has 0 aliphatic heterocycles. The highest BCUT2D eigenvalue weighted by Crippen LogP contribution is 2.18. The zero-order valence-electron chi connectivity index (χ0n) is 13.8. The van der Waals surface area contributed by atoms with Gasteiger partial charge >= 0.3 is 0 Å². The third-order valence-corrected chi connectivity index (χ3v) is 3.46. The van der Waals surface area contributed by atoms with E-state index < -0.39 is 0 Å². The van der Waals surface area contributed by atoms with Crippen molar-refractivity contribution in [2.75, 3.05) is 13.2 Å². The number of aromatic nitrogens is 1. The fourth-order valence-electron chi connectivity index (χ4n) is 2.41. The van der Waals surface area contributed by atoms with E-state index in [0.29, 0.717) is 0 Å². The molecule has 0 saturated carbocycles. The SMILES string of the molecule is CCCNCc1ccc2c(ccn2CCOC(C)(C)C)c1. The van der Waals surface area contributed by atoms with Crippen LogP contribution in [-0.2, 0) is 17.8 Å². The molecule has 0 spiro atoms. The molecule has 116 valence electrons. The number of nitrogens with one attached hydrogen (secondary N) is 1. The minimum absolute atomic E-state index is 0.0684. The summed E-state index contributed by atoms with van der Waals surface area (Å²) in [5.74, 6) is 0. The quantitative estimate of drug-likeness (QED) is 0.781. The van der Waals surface area contributed by atoms with E-state index in [4.69, 9.17) is 4.74 Å². The molecule has 0 amide bonds. The Morgan fingerprint density at radius 1 is 1.19 bits per heavy atom. The van der Waals surface area contributed by atoms with Gasteiger partial charge < -0.3 is 14.6 Å². The maximum absolute atomic E-state index is 5.81. The van der Waals surface area contributed by atoms with Crippen LogP contribution in [-0.4, -0.2) is 23.3 Å². The summed E-state index contributed by atoms with van der Waals surface area (Å²) < 4.78 is 8.08. The van der Waals surface area contributed by atoms with Crippen LogP contribution in [0.1, 0.15) is 39.7 Å². The van der Waals surface area contributed by atoms with Gasteiger partial charge in [0.2, 0.25) is 0 Å². The lowest BCUT2D eigenvalue weighted by Crippen LogP contribution is -2.21. The Hall–Kier alpha value is -1.32. The first kappa shape index (κ1) is 16.1. The van der Waals surface area contributed by atoms with Crippen molar-refractivity contribution >= 4 is 10.9 Å². The van der Waals surface area contributed by atoms with Crippen molar-refractivity contribution in [1.82, 2.24) is 9.88 Å². The summed E-state index contributed by atoms with van der Waals surface area (Å²) in [6.45, 7) is 12.1. The second-order valence-electron chi connectivity index (χ2n) is 6.54. The number of rotatable bonds is 7. The molecule has 0 aliphatic carbocycles. The van der Waals surface area contributed by atoms with Crippen molar-refractivity contribution in [2.45, 2.75) is 52.8 Å². The number of hydrogen-bond donors (Lipinski definition) is 1. The fourth-order valence-corrected chi connectivity index (χ4v) is 2.41. The van der Waals surface area contributed by atoms with E-state index in [1.807, 2.05) is 0 Å². The second kappa shape index (κ2) is 7.10. The minimum atomic E-state index is -0.0684. The summed E-state index contributed by atoms with van der Waals surface area (Å²) in [5, 5.41) is 4.75. The number of benzene rings is 1. The highest BCUT2D eigenvalue weighted by Gasteiger charge is 2.10. The van der Waals surface area contributed by atoms with Crippen molar-refractivity contribution in [3.8, 4) is 0 Å². The van der Waals surface area contributed by atoms with Gasteiger partial charge in [-0.3, -0.25) is 0 Å². The Morgan fingerprint density at radius 2 is 2.00 bits per heavy atom. The predicted octanol–water partition coefficient (Wildman–Crippen LogP) is 3.96. The molecule has 0 unspecified atom stereocenters.